The maximum absolute atomic E-state index is 11.4. The first-order chi connectivity index (χ1) is 7.58. The van der Waals surface area contributed by atoms with Crippen molar-refractivity contribution in [1.29, 1.82) is 0 Å². The van der Waals surface area contributed by atoms with Gasteiger partial charge in [0.2, 0.25) is 0 Å². The van der Waals surface area contributed by atoms with Crippen molar-refractivity contribution in [3.63, 3.8) is 0 Å². The quantitative estimate of drug-likeness (QED) is 0.597. The number of aryl methyl sites for hydroxylation is 2. The van der Waals surface area contributed by atoms with E-state index in [1.54, 1.807) is 6.92 Å². The average Bonchev–Trinajstić information content (AvgIpc) is 2.23. The molecule has 0 spiro atoms. The zero-order chi connectivity index (χ0) is 12.1. The van der Waals surface area contributed by atoms with Gasteiger partial charge in [-0.05, 0) is 43.0 Å². The first kappa shape index (κ1) is 13.0. The lowest BCUT2D eigenvalue weighted by Gasteiger charge is -2.10. The van der Waals surface area contributed by atoms with Crippen molar-refractivity contribution in [3.05, 3.63) is 34.4 Å². The van der Waals surface area contributed by atoms with Crippen molar-refractivity contribution in [3.8, 4) is 0 Å². The summed E-state index contributed by atoms with van der Waals surface area (Å²) >= 11 is 5.86. The second-order valence-electron chi connectivity index (χ2n) is 3.82. The highest BCUT2D eigenvalue weighted by Gasteiger charge is 2.10. The van der Waals surface area contributed by atoms with Crippen LogP contribution in [-0.2, 0) is 21.8 Å². The first-order valence-electron chi connectivity index (χ1n) is 5.39. The number of rotatable bonds is 4. The molecule has 2 nitrogen and oxygen atoms in total. The molecule has 3 heteroatoms. The van der Waals surface area contributed by atoms with E-state index in [1.165, 1.54) is 11.1 Å². The summed E-state index contributed by atoms with van der Waals surface area (Å²) in [5, 5.41) is 0. The van der Waals surface area contributed by atoms with Gasteiger partial charge in [-0.15, -0.1) is 11.6 Å². The molecule has 0 unspecified atom stereocenters. The van der Waals surface area contributed by atoms with Crippen LogP contribution in [0.2, 0.25) is 0 Å². The van der Waals surface area contributed by atoms with E-state index in [9.17, 15) is 4.79 Å². The molecule has 16 heavy (non-hydrogen) atoms. The Hall–Kier alpha value is -1.02. The number of carbonyl (C=O) groups is 1. The number of hydrogen-bond acceptors (Lipinski definition) is 2. The topological polar surface area (TPSA) is 26.3 Å². The van der Waals surface area contributed by atoms with Crippen LogP contribution in [0.15, 0.2) is 12.1 Å². The predicted octanol–water partition coefficient (Wildman–Crippen LogP) is 3.15. The third-order valence-electron chi connectivity index (χ3n) is 2.60. The largest absolute Gasteiger partial charge is 0.466 e. The second-order valence-corrected chi connectivity index (χ2v) is 4.09. The van der Waals surface area contributed by atoms with Gasteiger partial charge in [0.05, 0.1) is 13.0 Å². The van der Waals surface area contributed by atoms with Crippen LogP contribution < -0.4 is 0 Å². The van der Waals surface area contributed by atoms with Gasteiger partial charge in [0, 0.05) is 5.88 Å². The standard InChI is InChI=1S/C13H17ClO2/c1-4-16-13(15)7-11-5-9(2)10(3)6-12(11)8-14/h5-6H,4,7-8H2,1-3H3. The molecule has 0 saturated carbocycles. The van der Waals surface area contributed by atoms with E-state index in [4.69, 9.17) is 16.3 Å². The minimum atomic E-state index is -0.197. The molecule has 0 aliphatic rings. The van der Waals surface area contributed by atoms with Crippen LogP contribution in [0.4, 0.5) is 0 Å². The highest BCUT2D eigenvalue weighted by Crippen LogP contribution is 2.18. The molecule has 0 radical (unpaired) electrons. The molecule has 0 fully saturated rings. The Labute approximate surface area is 102 Å². The molecule has 0 bridgehead atoms. The zero-order valence-electron chi connectivity index (χ0n) is 9.97. The van der Waals surface area contributed by atoms with Crippen LogP contribution in [0.25, 0.3) is 0 Å². The lowest BCUT2D eigenvalue weighted by Crippen LogP contribution is -2.09. The predicted molar refractivity (Wildman–Crippen MR) is 65.8 cm³/mol. The highest BCUT2D eigenvalue weighted by molar-refractivity contribution is 6.17. The summed E-state index contributed by atoms with van der Waals surface area (Å²) < 4.78 is 4.93. The first-order valence-corrected chi connectivity index (χ1v) is 5.92. The fourth-order valence-corrected chi connectivity index (χ4v) is 1.84. The van der Waals surface area contributed by atoms with Crippen molar-refractivity contribution in [2.75, 3.05) is 6.61 Å². The van der Waals surface area contributed by atoms with Crippen LogP contribution in [0, 0.1) is 13.8 Å². The lowest BCUT2D eigenvalue weighted by molar-refractivity contribution is -0.142. The summed E-state index contributed by atoms with van der Waals surface area (Å²) in [5.74, 6) is 0.229. The van der Waals surface area contributed by atoms with E-state index in [2.05, 4.69) is 0 Å². The Bertz CT molecular complexity index is 386. The van der Waals surface area contributed by atoms with Crippen molar-refractivity contribution in [2.45, 2.75) is 33.1 Å². The number of hydrogen-bond donors (Lipinski definition) is 0. The van der Waals surface area contributed by atoms with Gasteiger partial charge in [0.25, 0.3) is 0 Å². The third kappa shape index (κ3) is 3.24. The Morgan fingerprint density at radius 3 is 2.31 bits per heavy atom. The van der Waals surface area contributed by atoms with Gasteiger partial charge in [0.15, 0.2) is 0 Å². The SMILES string of the molecule is CCOC(=O)Cc1cc(C)c(C)cc1CCl. The van der Waals surface area contributed by atoms with Crippen LogP contribution in [0.1, 0.15) is 29.2 Å². The van der Waals surface area contributed by atoms with Gasteiger partial charge < -0.3 is 4.74 Å². The molecule has 1 rings (SSSR count). The number of carbonyl (C=O) groups excluding carboxylic acids is 1. The van der Waals surface area contributed by atoms with E-state index < -0.39 is 0 Å². The maximum Gasteiger partial charge on any atom is 0.310 e. The fraction of sp³-hybridized carbons (Fsp3) is 0.462. The van der Waals surface area contributed by atoms with Crippen molar-refractivity contribution >= 4 is 17.6 Å². The van der Waals surface area contributed by atoms with Crippen LogP contribution in [-0.4, -0.2) is 12.6 Å². The van der Waals surface area contributed by atoms with Crippen LogP contribution in [0.5, 0.6) is 0 Å². The van der Waals surface area contributed by atoms with E-state index in [0.717, 1.165) is 11.1 Å². The molecule has 0 atom stereocenters. The molecule has 0 aromatic heterocycles. The molecule has 88 valence electrons. The number of benzene rings is 1. The fourth-order valence-electron chi connectivity index (χ4n) is 1.59. The van der Waals surface area contributed by atoms with E-state index >= 15 is 0 Å². The minimum Gasteiger partial charge on any atom is -0.466 e. The van der Waals surface area contributed by atoms with Gasteiger partial charge in [-0.2, -0.15) is 0 Å². The van der Waals surface area contributed by atoms with Gasteiger partial charge >= 0.3 is 5.97 Å². The van der Waals surface area contributed by atoms with E-state index in [0.29, 0.717) is 18.9 Å². The van der Waals surface area contributed by atoms with Gasteiger partial charge in [-0.25, -0.2) is 0 Å². The summed E-state index contributed by atoms with van der Waals surface area (Å²) in [5.41, 5.74) is 4.35. The number of alkyl halides is 1. The molecule has 0 aliphatic carbocycles. The molecule has 0 N–H and O–H groups in total. The van der Waals surface area contributed by atoms with Gasteiger partial charge in [-0.1, -0.05) is 12.1 Å². The maximum atomic E-state index is 11.4. The lowest BCUT2D eigenvalue weighted by atomic mass is 9.99. The average molecular weight is 241 g/mol. The Morgan fingerprint density at radius 2 is 1.81 bits per heavy atom. The summed E-state index contributed by atoms with van der Waals surface area (Å²) in [6.45, 7) is 6.29. The zero-order valence-corrected chi connectivity index (χ0v) is 10.7. The Balaban J connectivity index is 2.94. The van der Waals surface area contributed by atoms with E-state index in [1.807, 2.05) is 26.0 Å². The molecule has 1 aromatic rings. The molecule has 1 aromatic carbocycles. The van der Waals surface area contributed by atoms with Gasteiger partial charge in [-0.3, -0.25) is 4.79 Å². The molecule has 0 amide bonds. The van der Waals surface area contributed by atoms with Crippen LogP contribution in [0.3, 0.4) is 0 Å². The molecular formula is C13H17ClO2. The smallest absolute Gasteiger partial charge is 0.310 e. The summed E-state index contributed by atoms with van der Waals surface area (Å²) in [6, 6.07) is 4.06. The van der Waals surface area contributed by atoms with Crippen molar-refractivity contribution in [1.82, 2.24) is 0 Å². The summed E-state index contributed by atoms with van der Waals surface area (Å²) in [6.07, 6.45) is 0.303. The molecule has 0 saturated heterocycles. The monoisotopic (exact) mass is 240 g/mol. The normalized spacial score (nSPS) is 10.2. The molecular weight excluding hydrogens is 224 g/mol. The minimum absolute atomic E-state index is 0.197. The highest BCUT2D eigenvalue weighted by atomic mass is 35.5. The van der Waals surface area contributed by atoms with Crippen molar-refractivity contribution < 1.29 is 9.53 Å². The number of halogens is 1. The van der Waals surface area contributed by atoms with Crippen molar-refractivity contribution in [2.24, 2.45) is 0 Å². The molecule has 0 aliphatic heterocycles. The second kappa shape index (κ2) is 5.90. The number of ether oxygens (including phenoxy) is 1. The third-order valence-corrected chi connectivity index (χ3v) is 2.89. The number of esters is 1. The van der Waals surface area contributed by atoms with Crippen LogP contribution >= 0.6 is 11.6 Å². The Kier molecular flexibility index (Phi) is 4.81. The van der Waals surface area contributed by atoms with E-state index in [-0.39, 0.29) is 5.97 Å². The molecule has 0 heterocycles. The summed E-state index contributed by atoms with van der Waals surface area (Å²) in [4.78, 5) is 11.4. The Morgan fingerprint density at radius 1 is 1.25 bits per heavy atom. The van der Waals surface area contributed by atoms with Gasteiger partial charge in [0.1, 0.15) is 0 Å². The summed E-state index contributed by atoms with van der Waals surface area (Å²) in [7, 11) is 0.